The summed E-state index contributed by atoms with van der Waals surface area (Å²) in [6.45, 7) is 4.06. The normalized spacial score (nSPS) is 11.1. The summed E-state index contributed by atoms with van der Waals surface area (Å²) in [4.78, 5) is 17.0. The number of amides is 1. The van der Waals surface area contributed by atoms with Crippen LogP contribution in [0.1, 0.15) is 78.3 Å². The van der Waals surface area contributed by atoms with E-state index in [0.29, 0.717) is 24.6 Å². The highest BCUT2D eigenvalue weighted by molar-refractivity contribution is 5.94. The molecule has 4 rings (SSSR count). The zero-order valence-corrected chi connectivity index (χ0v) is 23.1. The van der Waals surface area contributed by atoms with Gasteiger partial charge in [0.25, 0.3) is 5.91 Å². The van der Waals surface area contributed by atoms with Crippen LogP contribution in [0.3, 0.4) is 0 Å². The monoisotopic (exact) mass is 527 g/mol. The van der Waals surface area contributed by atoms with Crippen molar-refractivity contribution in [2.24, 2.45) is 0 Å². The molecule has 0 radical (unpaired) electrons. The lowest BCUT2D eigenvalue weighted by Gasteiger charge is -2.06. The molecule has 0 bridgehead atoms. The molecule has 0 aliphatic rings. The number of aromatic nitrogens is 5. The van der Waals surface area contributed by atoms with E-state index < -0.39 is 0 Å². The fourth-order valence-corrected chi connectivity index (χ4v) is 4.65. The first-order chi connectivity index (χ1) is 19.1. The third-order valence-corrected chi connectivity index (χ3v) is 6.92. The van der Waals surface area contributed by atoms with E-state index in [1.54, 1.807) is 4.68 Å². The first-order valence-electron chi connectivity index (χ1n) is 14.2. The van der Waals surface area contributed by atoms with E-state index in [1.807, 2.05) is 41.1 Å². The smallest absolute Gasteiger partial charge is 0.251 e. The maximum atomic E-state index is 12.5. The first kappa shape index (κ1) is 28.1. The number of nitrogens with two attached hydrogens (primary N) is 1. The second-order valence-electron chi connectivity index (χ2n) is 10.1. The Morgan fingerprint density at radius 3 is 2.36 bits per heavy atom. The van der Waals surface area contributed by atoms with Crippen LogP contribution < -0.4 is 11.1 Å². The molecule has 0 unspecified atom stereocenters. The van der Waals surface area contributed by atoms with Gasteiger partial charge in [0.05, 0.1) is 24.5 Å². The Hall–Kier alpha value is -3.94. The number of aryl methyl sites for hydroxylation is 3. The number of benzene rings is 2. The molecule has 0 aliphatic heterocycles. The highest BCUT2D eigenvalue weighted by atomic mass is 16.1. The molecule has 8 heteroatoms. The highest BCUT2D eigenvalue weighted by Crippen LogP contribution is 2.13. The number of nitrogen functional groups attached to an aromatic ring is 1. The Bertz CT molecular complexity index is 1280. The minimum absolute atomic E-state index is 0.0536. The van der Waals surface area contributed by atoms with Gasteiger partial charge >= 0.3 is 0 Å². The molecule has 3 N–H and O–H groups in total. The summed E-state index contributed by atoms with van der Waals surface area (Å²) in [6, 6.07) is 18.2. The van der Waals surface area contributed by atoms with Crippen LogP contribution in [0.25, 0.3) is 0 Å². The molecule has 2 aromatic heterocycles. The molecular weight excluding hydrogens is 486 g/mol. The zero-order chi connectivity index (χ0) is 27.3. The lowest BCUT2D eigenvalue weighted by atomic mass is 10.1. The summed E-state index contributed by atoms with van der Waals surface area (Å²) < 4.78 is 3.81. The van der Waals surface area contributed by atoms with E-state index in [2.05, 4.69) is 58.0 Å². The second kappa shape index (κ2) is 14.9. The van der Waals surface area contributed by atoms with Crippen molar-refractivity contribution in [3.8, 4) is 0 Å². The molecule has 2 heterocycles. The SMILES string of the molecule is CCCCCc1ccc(C(=O)NCCn2cc(CCCCCc3cn(Cc4ccccc4)c(N)n3)nn2)cc1. The lowest BCUT2D eigenvalue weighted by molar-refractivity contribution is 0.0952. The zero-order valence-electron chi connectivity index (χ0n) is 23.1. The van der Waals surface area contributed by atoms with Crippen molar-refractivity contribution in [2.45, 2.75) is 77.8 Å². The number of imidazole rings is 1. The third-order valence-electron chi connectivity index (χ3n) is 6.92. The average molecular weight is 528 g/mol. The predicted octanol–water partition coefficient (Wildman–Crippen LogP) is 5.22. The Balaban J connectivity index is 1.10. The van der Waals surface area contributed by atoms with Crippen molar-refractivity contribution in [3.63, 3.8) is 0 Å². The van der Waals surface area contributed by atoms with Crippen molar-refractivity contribution in [1.29, 1.82) is 0 Å². The molecule has 0 fully saturated rings. The number of carbonyl (C=O) groups excluding carboxylic acids is 1. The molecule has 2 aromatic carbocycles. The van der Waals surface area contributed by atoms with Gasteiger partial charge < -0.3 is 15.6 Å². The Morgan fingerprint density at radius 1 is 0.846 bits per heavy atom. The fourth-order valence-electron chi connectivity index (χ4n) is 4.65. The molecular formula is C31H41N7O. The number of nitrogens with one attached hydrogen (secondary N) is 1. The first-order valence-corrected chi connectivity index (χ1v) is 14.2. The van der Waals surface area contributed by atoms with Gasteiger partial charge in [0.2, 0.25) is 5.95 Å². The van der Waals surface area contributed by atoms with E-state index in [1.165, 1.54) is 30.4 Å². The van der Waals surface area contributed by atoms with Crippen LogP contribution in [0.5, 0.6) is 0 Å². The van der Waals surface area contributed by atoms with Gasteiger partial charge in [0.15, 0.2) is 0 Å². The van der Waals surface area contributed by atoms with Crippen LogP contribution in [0.2, 0.25) is 0 Å². The summed E-state index contributed by atoms with van der Waals surface area (Å²) in [5.41, 5.74) is 11.3. The summed E-state index contributed by atoms with van der Waals surface area (Å²) in [7, 11) is 0. The van der Waals surface area contributed by atoms with E-state index in [4.69, 9.17) is 5.73 Å². The van der Waals surface area contributed by atoms with Crippen LogP contribution in [-0.2, 0) is 32.4 Å². The summed E-state index contributed by atoms with van der Waals surface area (Å²) in [5, 5.41) is 11.5. The van der Waals surface area contributed by atoms with Gasteiger partial charge in [0.1, 0.15) is 0 Å². The average Bonchev–Trinajstić information content (AvgIpc) is 3.55. The molecule has 0 atom stereocenters. The number of carbonyl (C=O) groups is 1. The fraction of sp³-hybridized carbons (Fsp3) is 0.419. The molecule has 0 aliphatic carbocycles. The largest absolute Gasteiger partial charge is 0.369 e. The number of anilines is 1. The van der Waals surface area contributed by atoms with Gasteiger partial charge in [-0.2, -0.15) is 0 Å². The molecule has 206 valence electrons. The van der Waals surface area contributed by atoms with Crippen LogP contribution in [0.4, 0.5) is 5.95 Å². The standard InChI is InChI=1S/C31H41N7O/c1-2-3-6-11-25-16-18-27(19-17-25)30(39)33-20-21-38-24-29(35-36-38)15-10-5-9-14-28-23-37(31(32)34-28)22-26-12-7-4-8-13-26/h4,7-8,12-13,16-19,23-24H,2-3,5-6,9-11,14-15,20-22H2,1H3,(H2,32,34)(H,33,39). The van der Waals surface area contributed by atoms with E-state index in [9.17, 15) is 4.79 Å². The minimum Gasteiger partial charge on any atom is -0.369 e. The minimum atomic E-state index is -0.0536. The maximum Gasteiger partial charge on any atom is 0.251 e. The Morgan fingerprint density at radius 2 is 1.59 bits per heavy atom. The summed E-state index contributed by atoms with van der Waals surface area (Å²) in [6.07, 6.45) is 13.8. The van der Waals surface area contributed by atoms with Gasteiger partial charge in [0, 0.05) is 24.5 Å². The van der Waals surface area contributed by atoms with E-state index in [0.717, 1.165) is 56.5 Å². The van der Waals surface area contributed by atoms with Gasteiger partial charge in [-0.3, -0.25) is 9.48 Å². The predicted molar refractivity (Wildman–Crippen MR) is 155 cm³/mol. The van der Waals surface area contributed by atoms with Crippen molar-refractivity contribution in [2.75, 3.05) is 12.3 Å². The molecule has 1 amide bonds. The van der Waals surface area contributed by atoms with Gasteiger partial charge in [-0.25, -0.2) is 4.98 Å². The van der Waals surface area contributed by atoms with Gasteiger partial charge in [-0.05, 0) is 61.8 Å². The maximum absolute atomic E-state index is 12.5. The Kier molecular flexibility index (Phi) is 10.7. The van der Waals surface area contributed by atoms with Crippen LogP contribution in [-0.4, -0.2) is 37.0 Å². The second-order valence-corrected chi connectivity index (χ2v) is 10.1. The molecule has 4 aromatic rings. The number of unbranched alkanes of at least 4 members (excludes halogenated alkanes) is 4. The summed E-state index contributed by atoms with van der Waals surface area (Å²) >= 11 is 0. The molecule has 0 saturated heterocycles. The van der Waals surface area contributed by atoms with Crippen LogP contribution in [0, 0.1) is 0 Å². The van der Waals surface area contributed by atoms with Crippen LogP contribution >= 0.6 is 0 Å². The summed E-state index contributed by atoms with van der Waals surface area (Å²) in [5.74, 6) is 0.513. The molecule has 8 nitrogen and oxygen atoms in total. The topological polar surface area (TPSA) is 104 Å². The van der Waals surface area contributed by atoms with Crippen LogP contribution in [0.15, 0.2) is 67.0 Å². The quantitative estimate of drug-likeness (QED) is 0.194. The van der Waals surface area contributed by atoms with Crippen molar-refractivity contribution in [3.05, 3.63) is 95.1 Å². The van der Waals surface area contributed by atoms with Gasteiger partial charge in [-0.15, -0.1) is 5.10 Å². The molecule has 0 saturated carbocycles. The number of nitrogens with zero attached hydrogens (tertiary/aromatic N) is 5. The molecule has 0 spiro atoms. The van der Waals surface area contributed by atoms with Crippen molar-refractivity contribution in [1.82, 2.24) is 29.9 Å². The molecule has 39 heavy (non-hydrogen) atoms. The number of hydrogen-bond donors (Lipinski definition) is 2. The van der Waals surface area contributed by atoms with Gasteiger partial charge in [-0.1, -0.05) is 73.9 Å². The van der Waals surface area contributed by atoms with E-state index >= 15 is 0 Å². The number of hydrogen-bond acceptors (Lipinski definition) is 5. The van der Waals surface area contributed by atoms with E-state index in [-0.39, 0.29) is 5.91 Å². The van der Waals surface area contributed by atoms with Crippen molar-refractivity contribution >= 4 is 11.9 Å². The lowest BCUT2D eigenvalue weighted by Crippen LogP contribution is -2.27. The highest BCUT2D eigenvalue weighted by Gasteiger charge is 2.08. The Labute approximate surface area is 231 Å². The number of rotatable bonds is 16. The third kappa shape index (κ3) is 9.09. The van der Waals surface area contributed by atoms with Crippen molar-refractivity contribution < 1.29 is 4.79 Å².